The Morgan fingerprint density at radius 3 is 2.95 bits per heavy atom. The summed E-state index contributed by atoms with van der Waals surface area (Å²) in [6.07, 6.45) is 2.55. The van der Waals surface area contributed by atoms with Crippen molar-refractivity contribution in [3.05, 3.63) is 22.4 Å². The van der Waals surface area contributed by atoms with Crippen LogP contribution in [0.2, 0.25) is 0 Å². The van der Waals surface area contributed by atoms with Crippen molar-refractivity contribution in [2.75, 3.05) is 19.3 Å². The third kappa shape index (κ3) is 2.47. The number of likely N-dealkylation sites (N-methyl/N-ethyl adjacent to an activating group) is 1. The predicted octanol–water partition coefficient (Wildman–Crippen LogP) is 2.61. The van der Waals surface area contributed by atoms with Crippen LogP contribution in [0, 0.1) is 5.82 Å². The first-order chi connectivity index (χ1) is 9.06. The molecule has 2 aromatic rings. The Morgan fingerprint density at radius 2 is 2.26 bits per heavy atom. The van der Waals surface area contributed by atoms with E-state index in [9.17, 15) is 4.39 Å². The number of halogens is 2. The summed E-state index contributed by atoms with van der Waals surface area (Å²) in [6, 6.07) is 3.86. The lowest BCUT2D eigenvalue weighted by atomic mass is 10.3. The second-order valence-electron chi connectivity index (χ2n) is 5.09. The molecule has 1 fully saturated rings. The summed E-state index contributed by atoms with van der Waals surface area (Å²) in [5, 5.41) is 0. The van der Waals surface area contributed by atoms with E-state index < -0.39 is 0 Å². The van der Waals surface area contributed by atoms with Crippen LogP contribution in [-0.4, -0.2) is 34.1 Å². The largest absolute Gasteiger partial charge is 0.369 e. The SMILES string of the molecule is CN(CCn1c(N)nc2cc(Br)c(F)cc21)C1CC1. The van der Waals surface area contributed by atoms with Crippen LogP contribution in [0.1, 0.15) is 12.8 Å². The van der Waals surface area contributed by atoms with E-state index in [4.69, 9.17) is 5.73 Å². The van der Waals surface area contributed by atoms with Crippen LogP contribution in [0.3, 0.4) is 0 Å². The number of nitrogens with two attached hydrogens (primary N) is 1. The van der Waals surface area contributed by atoms with Crippen LogP contribution in [0.15, 0.2) is 16.6 Å². The monoisotopic (exact) mass is 326 g/mol. The van der Waals surface area contributed by atoms with Crippen LogP contribution in [0.4, 0.5) is 10.3 Å². The highest BCUT2D eigenvalue weighted by Gasteiger charge is 2.25. The zero-order valence-corrected chi connectivity index (χ0v) is 12.3. The molecule has 0 saturated heterocycles. The first-order valence-electron chi connectivity index (χ1n) is 6.37. The maximum atomic E-state index is 13.6. The van der Waals surface area contributed by atoms with Gasteiger partial charge in [0.05, 0.1) is 15.5 Å². The maximum absolute atomic E-state index is 13.6. The van der Waals surface area contributed by atoms with Gasteiger partial charge in [0.25, 0.3) is 0 Å². The fourth-order valence-electron chi connectivity index (χ4n) is 2.33. The molecule has 1 aromatic carbocycles. The van der Waals surface area contributed by atoms with Gasteiger partial charge in [-0.1, -0.05) is 0 Å². The molecule has 1 saturated carbocycles. The van der Waals surface area contributed by atoms with Gasteiger partial charge in [0.15, 0.2) is 0 Å². The van der Waals surface area contributed by atoms with Crippen LogP contribution >= 0.6 is 15.9 Å². The molecule has 1 heterocycles. The second-order valence-corrected chi connectivity index (χ2v) is 5.94. The van der Waals surface area contributed by atoms with E-state index in [0.29, 0.717) is 16.5 Å². The van der Waals surface area contributed by atoms with Crippen LogP contribution < -0.4 is 5.73 Å². The molecule has 0 radical (unpaired) electrons. The summed E-state index contributed by atoms with van der Waals surface area (Å²) in [7, 11) is 2.12. The molecule has 19 heavy (non-hydrogen) atoms. The summed E-state index contributed by atoms with van der Waals surface area (Å²) >= 11 is 3.17. The van der Waals surface area contributed by atoms with Gasteiger partial charge in [-0.2, -0.15) is 0 Å². The lowest BCUT2D eigenvalue weighted by Crippen LogP contribution is -2.25. The number of hydrogen-bond donors (Lipinski definition) is 1. The lowest BCUT2D eigenvalue weighted by molar-refractivity contribution is 0.311. The van der Waals surface area contributed by atoms with Crippen molar-refractivity contribution in [1.82, 2.24) is 14.5 Å². The number of nitrogens with zero attached hydrogens (tertiary/aromatic N) is 3. The zero-order valence-electron chi connectivity index (χ0n) is 10.7. The average Bonchev–Trinajstić information content (AvgIpc) is 3.15. The van der Waals surface area contributed by atoms with Crippen LogP contribution in [-0.2, 0) is 6.54 Å². The van der Waals surface area contributed by atoms with Crippen molar-refractivity contribution in [2.45, 2.75) is 25.4 Å². The standard InChI is InChI=1S/C13H16BrFN4/c1-18(8-2-3-8)4-5-19-12-7-10(15)9(14)6-11(12)17-13(19)16/h6-8H,2-5H2,1H3,(H2,16,17). The first-order valence-corrected chi connectivity index (χ1v) is 7.16. The number of benzene rings is 1. The molecule has 1 aromatic heterocycles. The molecule has 0 unspecified atom stereocenters. The highest BCUT2D eigenvalue weighted by molar-refractivity contribution is 9.10. The zero-order chi connectivity index (χ0) is 13.6. The minimum Gasteiger partial charge on any atom is -0.369 e. The summed E-state index contributed by atoms with van der Waals surface area (Å²) in [5.74, 6) is 0.154. The molecule has 1 aliphatic carbocycles. The molecule has 0 spiro atoms. The second kappa shape index (κ2) is 4.76. The Balaban J connectivity index is 1.88. The molecule has 0 amide bonds. The number of fused-ring (bicyclic) bond motifs is 1. The van der Waals surface area contributed by atoms with Gasteiger partial charge in [0.2, 0.25) is 5.95 Å². The Kier molecular flexibility index (Phi) is 3.22. The Labute approximate surface area is 119 Å². The van der Waals surface area contributed by atoms with Gasteiger partial charge in [-0.15, -0.1) is 0 Å². The van der Waals surface area contributed by atoms with E-state index in [2.05, 4.69) is 32.9 Å². The number of nitrogen functional groups attached to an aromatic ring is 1. The molecule has 102 valence electrons. The van der Waals surface area contributed by atoms with Crippen LogP contribution in [0.25, 0.3) is 11.0 Å². The summed E-state index contributed by atoms with van der Waals surface area (Å²) in [5.41, 5.74) is 7.40. The highest BCUT2D eigenvalue weighted by Crippen LogP contribution is 2.27. The molecule has 2 N–H and O–H groups in total. The highest BCUT2D eigenvalue weighted by atomic mass is 79.9. The van der Waals surface area contributed by atoms with Gasteiger partial charge >= 0.3 is 0 Å². The van der Waals surface area contributed by atoms with E-state index in [1.165, 1.54) is 18.9 Å². The third-order valence-electron chi connectivity index (χ3n) is 3.67. The normalized spacial score (nSPS) is 15.6. The van der Waals surface area contributed by atoms with Crippen molar-refractivity contribution in [2.24, 2.45) is 0 Å². The fourth-order valence-corrected chi connectivity index (χ4v) is 2.66. The average molecular weight is 327 g/mol. The minimum absolute atomic E-state index is 0.288. The smallest absolute Gasteiger partial charge is 0.201 e. The van der Waals surface area contributed by atoms with Gasteiger partial charge in [-0.25, -0.2) is 9.37 Å². The van der Waals surface area contributed by atoms with Gasteiger partial charge in [-0.05, 0) is 41.9 Å². The Bertz CT molecular complexity index is 621. The van der Waals surface area contributed by atoms with Crippen molar-refractivity contribution in [3.8, 4) is 0 Å². The minimum atomic E-state index is -0.288. The molecule has 4 nitrogen and oxygen atoms in total. The van der Waals surface area contributed by atoms with Crippen molar-refractivity contribution in [3.63, 3.8) is 0 Å². The van der Waals surface area contributed by atoms with E-state index in [1.54, 1.807) is 6.07 Å². The van der Waals surface area contributed by atoms with E-state index in [1.807, 2.05) is 4.57 Å². The number of aromatic nitrogens is 2. The molecule has 6 heteroatoms. The first kappa shape index (κ1) is 12.9. The maximum Gasteiger partial charge on any atom is 0.201 e. The molecule has 3 rings (SSSR count). The van der Waals surface area contributed by atoms with Crippen LogP contribution in [0.5, 0.6) is 0 Å². The van der Waals surface area contributed by atoms with Gasteiger partial charge in [0.1, 0.15) is 5.82 Å². The van der Waals surface area contributed by atoms with Crippen molar-refractivity contribution in [1.29, 1.82) is 0 Å². The molecular formula is C13H16BrFN4. The molecule has 0 bridgehead atoms. The van der Waals surface area contributed by atoms with E-state index in [0.717, 1.165) is 24.1 Å². The number of rotatable bonds is 4. The molecule has 0 atom stereocenters. The Hall–Kier alpha value is -1.14. The molecular weight excluding hydrogens is 311 g/mol. The molecule has 1 aliphatic rings. The van der Waals surface area contributed by atoms with Gasteiger partial charge in [0, 0.05) is 25.2 Å². The van der Waals surface area contributed by atoms with Crippen molar-refractivity contribution >= 4 is 32.9 Å². The van der Waals surface area contributed by atoms with Gasteiger partial charge < -0.3 is 15.2 Å². The number of anilines is 1. The van der Waals surface area contributed by atoms with Crippen molar-refractivity contribution < 1.29 is 4.39 Å². The lowest BCUT2D eigenvalue weighted by Gasteiger charge is -2.16. The van der Waals surface area contributed by atoms with Gasteiger partial charge in [-0.3, -0.25) is 0 Å². The summed E-state index contributed by atoms with van der Waals surface area (Å²) in [4.78, 5) is 6.60. The quantitative estimate of drug-likeness (QED) is 0.939. The topological polar surface area (TPSA) is 47.1 Å². The predicted molar refractivity (Wildman–Crippen MR) is 77.5 cm³/mol. The number of imidazole rings is 1. The number of hydrogen-bond acceptors (Lipinski definition) is 3. The summed E-state index contributed by atoms with van der Waals surface area (Å²) in [6.45, 7) is 1.63. The van der Waals surface area contributed by atoms with E-state index in [-0.39, 0.29) is 5.82 Å². The van der Waals surface area contributed by atoms with E-state index >= 15 is 0 Å². The Morgan fingerprint density at radius 1 is 1.53 bits per heavy atom. The fraction of sp³-hybridized carbons (Fsp3) is 0.462. The summed E-state index contributed by atoms with van der Waals surface area (Å²) < 4.78 is 15.9. The third-order valence-corrected chi connectivity index (χ3v) is 4.27. The molecule has 0 aliphatic heterocycles.